The number of nitrogens with zero attached hydrogens (tertiary/aromatic N) is 3. The van der Waals surface area contributed by atoms with Crippen LogP contribution < -0.4 is 14.8 Å². The maximum atomic E-state index is 12.3. The van der Waals surface area contributed by atoms with E-state index in [-0.39, 0.29) is 12.7 Å². The molecule has 0 saturated heterocycles. The van der Waals surface area contributed by atoms with Crippen LogP contribution in [0.25, 0.3) is 0 Å². The third-order valence-corrected chi connectivity index (χ3v) is 4.39. The fourth-order valence-corrected chi connectivity index (χ4v) is 3.18. The quantitative estimate of drug-likeness (QED) is 0.911. The van der Waals surface area contributed by atoms with Crippen molar-refractivity contribution in [3.05, 3.63) is 23.8 Å². The van der Waals surface area contributed by atoms with E-state index in [1.807, 2.05) is 4.57 Å². The van der Waals surface area contributed by atoms with Gasteiger partial charge in [-0.2, -0.15) is 0 Å². The highest BCUT2D eigenvalue weighted by molar-refractivity contribution is 7.99. The number of ether oxygens (including phenoxy) is 2. The molecule has 2 aliphatic heterocycles. The Hall–Kier alpha value is -2.22. The Kier molecular flexibility index (Phi) is 2.95. The zero-order valence-corrected chi connectivity index (χ0v) is 11.9. The zero-order chi connectivity index (χ0) is 14.2. The minimum Gasteiger partial charge on any atom is -0.454 e. The number of nitrogens with one attached hydrogen (secondary N) is 1. The summed E-state index contributed by atoms with van der Waals surface area (Å²) in [6.45, 7) is 1.02. The smallest absolute Gasteiger partial charge is 0.258 e. The number of anilines is 1. The number of carbonyl (C=O) groups excluding carboxylic acids is 1. The fraction of sp³-hybridized carbons (Fsp3) is 0.308. The summed E-state index contributed by atoms with van der Waals surface area (Å²) in [5.74, 6) is 2.53. The lowest BCUT2D eigenvalue weighted by Crippen LogP contribution is -2.17. The van der Waals surface area contributed by atoms with Crippen LogP contribution in [0.15, 0.2) is 23.4 Å². The Labute approximate surface area is 124 Å². The van der Waals surface area contributed by atoms with Gasteiger partial charge in [-0.05, 0) is 24.6 Å². The van der Waals surface area contributed by atoms with Crippen molar-refractivity contribution in [2.75, 3.05) is 17.9 Å². The van der Waals surface area contributed by atoms with Gasteiger partial charge < -0.3 is 9.47 Å². The van der Waals surface area contributed by atoms with Gasteiger partial charge in [0.15, 0.2) is 16.7 Å². The monoisotopic (exact) mass is 304 g/mol. The van der Waals surface area contributed by atoms with Crippen molar-refractivity contribution in [2.24, 2.45) is 0 Å². The Morgan fingerprint density at radius 3 is 3.14 bits per heavy atom. The van der Waals surface area contributed by atoms with Crippen LogP contribution in [0, 0.1) is 0 Å². The Morgan fingerprint density at radius 2 is 2.19 bits per heavy atom. The van der Waals surface area contributed by atoms with E-state index in [1.54, 1.807) is 30.0 Å². The number of rotatable bonds is 2. The summed E-state index contributed by atoms with van der Waals surface area (Å²) in [7, 11) is 0. The van der Waals surface area contributed by atoms with Gasteiger partial charge in [-0.15, -0.1) is 10.2 Å². The highest BCUT2D eigenvalue weighted by atomic mass is 32.2. The second-order valence-electron chi connectivity index (χ2n) is 4.68. The van der Waals surface area contributed by atoms with Gasteiger partial charge in [0, 0.05) is 17.9 Å². The van der Waals surface area contributed by atoms with Crippen LogP contribution in [0.5, 0.6) is 11.5 Å². The van der Waals surface area contributed by atoms with Crippen molar-refractivity contribution in [3.63, 3.8) is 0 Å². The molecule has 0 bridgehead atoms. The van der Waals surface area contributed by atoms with E-state index >= 15 is 0 Å². The van der Waals surface area contributed by atoms with E-state index in [9.17, 15) is 4.79 Å². The van der Waals surface area contributed by atoms with Gasteiger partial charge in [-0.3, -0.25) is 14.7 Å². The average molecular weight is 304 g/mol. The fourth-order valence-electron chi connectivity index (χ4n) is 2.29. The highest BCUT2D eigenvalue weighted by Gasteiger charge is 2.20. The van der Waals surface area contributed by atoms with E-state index < -0.39 is 0 Å². The van der Waals surface area contributed by atoms with E-state index in [4.69, 9.17) is 9.47 Å². The van der Waals surface area contributed by atoms with Gasteiger partial charge in [0.2, 0.25) is 12.7 Å². The summed E-state index contributed by atoms with van der Waals surface area (Å²) in [6.07, 6.45) is 1.04. The molecule has 1 N–H and O–H groups in total. The lowest BCUT2D eigenvalue weighted by molar-refractivity contribution is 0.102. The Morgan fingerprint density at radius 1 is 1.29 bits per heavy atom. The lowest BCUT2D eigenvalue weighted by atomic mass is 10.2. The number of fused-ring (bicyclic) bond motifs is 2. The van der Waals surface area contributed by atoms with Crippen LogP contribution >= 0.6 is 11.8 Å². The first-order chi connectivity index (χ1) is 10.3. The maximum Gasteiger partial charge on any atom is 0.258 e. The minimum absolute atomic E-state index is 0.190. The van der Waals surface area contributed by atoms with Gasteiger partial charge in [0.25, 0.3) is 5.91 Å². The van der Waals surface area contributed by atoms with Crippen LogP contribution in [0.1, 0.15) is 16.8 Å². The first-order valence-corrected chi connectivity index (χ1v) is 7.57. The van der Waals surface area contributed by atoms with E-state index in [1.165, 1.54) is 0 Å². The molecule has 0 fully saturated rings. The number of benzene rings is 1. The van der Waals surface area contributed by atoms with Crippen molar-refractivity contribution in [3.8, 4) is 11.5 Å². The summed E-state index contributed by atoms with van der Waals surface area (Å²) in [5.41, 5.74) is 0.500. The van der Waals surface area contributed by atoms with Crippen LogP contribution in [0.3, 0.4) is 0 Å². The molecule has 0 unspecified atom stereocenters. The molecule has 21 heavy (non-hydrogen) atoms. The summed E-state index contributed by atoms with van der Waals surface area (Å²) < 4.78 is 12.4. The number of carbonyl (C=O) groups is 1. The molecule has 0 aliphatic carbocycles. The SMILES string of the molecule is O=C(Nc1nnc2n1CCCS2)c1ccc2c(c1)OCO2. The zero-order valence-electron chi connectivity index (χ0n) is 11.0. The standard InChI is InChI=1S/C13H12N4O3S/c18-11(8-2-3-9-10(6-8)20-7-19-9)14-12-15-16-13-17(12)4-1-5-21-13/h2-3,6H,1,4-5,7H2,(H,14,15,18). The van der Waals surface area contributed by atoms with Gasteiger partial charge >= 0.3 is 0 Å². The van der Waals surface area contributed by atoms with Crippen molar-refractivity contribution in [1.29, 1.82) is 0 Å². The van der Waals surface area contributed by atoms with Crippen molar-refractivity contribution in [2.45, 2.75) is 18.1 Å². The first kappa shape index (κ1) is 12.5. The normalized spacial score (nSPS) is 15.6. The predicted octanol–water partition coefficient (Wildman–Crippen LogP) is 1.75. The Balaban J connectivity index is 1.57. The van der Waals surface area contributed by atoms with Gasteiger partial charge in [-0.1, -0.05) is 11.8 Å². The number of aromatic nitrogens is 3. The Bertz CT molecular complexity index is 715. The summed E-state index contributed by atoms with van der Waals surface area (Å²) in [5, 5.41) is 11.8. The second kappa shape index (κ2) is 4.96. The summed E-state index contributed by atoms with van der Waals surface area (Å²) in [6, 6.07) is 5.09. The topological polar surface area (TPSA) is 78.3 Å². The molecule has 0 radical (unpaired) electrons. The largest absolute Gasteiger partial charge is 0.454 e. The van der Waals surface area contributed by atoms with E-state index in [2.05, 4.69) is 15.5 Å². The molecule has 1 aromatic heterocycles. The van der Waals surface area contributed by atoms with Crippen molar-refractivity contribution in [1.82, 2.24) is 14.8 Å². The molecule has 1 aromatic carbocycles. The van der Waals surface area contributed by atoms with Crippen LogP contribution in [0.4, 0.5) is 5.95 Å². The molecule has 0 saturated carbocycles. The van der Waals surface area contributed by atoms with Gasteiger partial charge in [-0.25, -0.2) is 0 Å². The molecule has 4 rings (SSSR count). The van der Waals surface area contributed by atoms with E-state index in [0.29, 0.717) is 23.0 Å². The summed E-state index contributed by atoms with van der Waals surface area (Å²) in [4.78, 5) is 12.3. The molecule has 108 valence electrons. The average Bonchev–Trinajstić information content (AvgIpc) is 3.13. The number of thioether (sulfide) groups is 1. The minimum atomic E-state index is -0.237. The molecule has 1 amide bonds. The van der Waals surface area contributed by atoms with Crippen LogP contribution in [0.2, 0.25) is 0 Å². The van der Waals surface area contributed by atoms with Crippen molar-refractivity contribution < 1.29 is 14.3 Å². The van der Waals surface area contributed by atoms with Crippen LogP contribution in [-0.4, -0.2) is 33.2 Å². The van der Waals surface area contributed by atoms with E-state index in [0.717, 1.165) is 23.9 Å². The molecular formula is C13H12N4O3S. The highest BCUT2D eigenvalue weighted by Crippen LogP contribution is 2.32. The van der Waals surface area contributed by atoms with Crippen LogP contribution in [-0.2, 0) is 6.54 Å². The predicted molar refractivity (Wildman–Crippen MR) is 75.9 cm³/mol. The second-order valence-corrected chi connectivity index (χ2v) is 5.74. The third-order valence-electron chi connectivity index (χ3n) is 3.33. The lowest BCUT2D eigenvalue weighted by Gasteiger charge is -2.14. The number of hydrogen-bond donors (Lipinski definition) is 1. The molecule has 0 atom stereocenters. The van der Waals surface area contributed by atoms with Gasteiger partial charge in [0.1, 0.15) is 0 Å². The molecule has 3 heterocycles. The first-order valence-electron chi connectivity index (χ1n) is 6.58. The molecular weight excluding hydrogens is 292 g/mol. The molecule has 2 aromatic rings. The van der Waals surface area contributed by atoms with Crippen molar-refractivity contribution >= 4 is 23.6 Å². The third kappa shape index (κ3) is 2.21. The van der Waals surface area contributed by atoms with Gasteiger partial charge in [0.05, 0.1) is 0 Å². The molecule has 2 aliphatic rings. The molecule has 0 spiro atoms. The number of hydrogen-bond acceptors (Lipinski definition) is 6. The maximum absolute atomic E-state index is 12.3. The molecule has 8 heteroatoms. The summed E-state index contributed by atoms with van der Waals surface area (Å²) >= 11 is 1.65. The number of amides is 1. The molecule has 7 nitrogen and oxygen atoms in total.